The molecule has 0 aliphatic heterocycles. The van der Waals surface area contributed by atoms with Crippen molar-refractivity contribution in [2.24, 2.45) is 5.92 Å². The number of aromatic amines is 1. The second-order valence-corrected chi connectivity index (χ2v) is 10.1. The monoisotopic (exact) mass is 490 g/mol. The van der Waals surface area contributed by atoms with E-state index in [1.807, 2.05) is 24.3 Å². The lowest BCUT2D eigenvalue weighted by atomic mass is 10.1. The molecule has 1 unspecified atom stereocenters. The van der Waals surface area contributed by atoms with E-state index in [9.17, 15) is 18.0 Å². The Balaban J connectivity index is 1.77. The van der Waals surface area contributed by atoms with E-state index in [2.05, 4.69) is 20.3 Å². The van der Waals surface area contributed by atoms with E-state index in [0.29, 0.717) is 5.02 Å². The molecule has 3 rings (SSSR count). The van der Waals surface area contributed by atoms with Crippen LogP contribution in [-0.2, 0) is 26.0 Å². The topological polar surface area (TPSA) is 120 Å². The second kappa shape index (κ2) is 10.8. The molecule has 1 aromatic heterocycles. The van der Waals surface area contributed by atoms with Crippen LogP contribution in [0.5, 0.6) is 0 Å². The maximum absolute atomic E-state index is 13.0. The van der Waals surface area contributed by atoms with Gasteiger partial charge in [-0.2, -0.15) is 4.72 Å². The van der Waals surface area contributed by atoms with Crippen LogP contribution >= 0.6 is 11.6 Å². The third-order valence-electron chi connectivity index (χ3n) is 5.08. The third-order valence-corrected chi connectivity index (χ3v) is 6.82. The minimum atomic E-state index is -3.98. The van der Waals surface area contributed by atoms with Gasteiger partial charge in [-0.15, -0.1) is 0 Å². The summed E-state index contributed by atoms with van der Waals surface area (Å²) in [6.45, 7) is 3.96. The number of H-pyrrole nitrogens is 1. The molecule has 2 aromatic carbocycles. The SMILES string of the molecule is CC(C)C(=O)NCCNC(=O)C(Cc1c[nH]c2ccccc12)NS(=O)(=O)c1ccc(Cl)cc1. The number of hydrogen-bond acceptors (Lipinski definition) is 4. The van der Waals surface area contributed by atoms with Gasteiger partial charge in [0.25, 0.3) is 0 Å². The summed E-state index contributed by atoms with van der Waals surface area (Å²) in [4.78, 5) is 27.8. The summed E-state index contributed by atoms with van der Waals surface area (Å²) in [7, 11) is -3.98. The zero-order valence-electron chi connectivity index (χ0n) is 18.4. The summed E-state index contributed by atoms with van der Waals surface area (Å²) in [6, 6.07) is 12.2. The van der Waals surface area contributed by atoms with Gasteiger partial charge >= 0.3 is 0 Å². The number of nitrogens with one attached hydrogen (secondary N) is 4. The van der Waals surface area contributed by atoms with Crippen LogP contribution in [0, 0.1) is 5.92 Å². The average molecular weight is 491 g/mol. The number of rotatable bonds is 10. The van der Waals surface area contributed by atoms with Crippen molar-refractivity contribution in [3.63, 3.8) is 0 Å². The highest BCUT2D eigenvalue weighted by molar-refractivity contribution is 7.89. The number of sulfonamides is 1. The van der Waals surface area contributed by atoms with Crippen LogP contribution in [-0.4, -0.2) is 44.3 Å². The Morgan fingerprint density at radius 2 is 1.61 bits per heavy atom. The molecule has 4 N–H and O–H groups in total. The number of para-hydroxylation sites is 1. The van der Waals surface area contributed by atoms with Gasteiger partial charge < -0.3 is 15.6 Å². The second-order valence-electron chi connectivity index (χ2n) is 7.93. The van der Waals surface area contributed by atoms with E-state index in [1.54, 1.807) is 20.0 Å². The Labute approximate surface area is 198 Å². The summed E-state index contributed by atoms with van der Waals surface area (Å²) in [5, 5.41) is 6.74. The molecule has 33 heavy (non-hydrogen) atoms. The predicted octanol–water partition coefficient (Wildman–Crippen LogP) is 2.60. The van der Waals surface area contributed by atoms with Crippen LogP contribution in [0.1, 0.15) is 19.4 Å². The number of halogens is 1. The van der Waals surface area contributed by atoms with Crippen LogP contribution in [0.15, 0.2) is 59.6 Å². The van der Waals surface area contributed by atoms with Crippen molar-refractivity contribution in [2.45, 2.75) is 31.2 Å². The molecule has 8 nitrogen and oxygen atoms in total. The minimum absolute atomic E-state index is 0.00724. The molecule has 0 saturated carbocycles. The van der Waals surface area contributed by atoms with E-state index < -0.39 is 22.0 Å². The lowest BCUT2D eigenvalue weighted by molar-refractivity contribution is -0.125. The molecule has 10 heteroatoms. The molecule has 176 valence electrons. The summed E-state index contributed by atoms with van der Waals surface area (Å²) < 4.78 is 28.4. The molecule has 0 aliphatic carbocycles. The largest absolute Gasteiger partial charge is 0.361 e. The Morgan fingerprint density at radius 1 is 0.970 bits per heavy atom. The number of hydrogen-bond donors (Lipinski definition) is 4. The highest BCUT2D eigenvalue weighted by Crippen LogP contribution is 2.20. The van der Waals surface area contributed by atoms with Gasteiger partial charge in [-0.05, 0) is 42.3 Å². The quantitative estimate of drug-likeness (QED) is 0.326. The summed E-state index contributed by atoms with van der Waals surface area (Å²) in [5.74, 6) is -0.777. The van der Waals surface area contributed by atoms with Crippen LogP contribution < -0.4 is 15.4 Å². The Morgan fingerprint density at radius 3 is 2.27 bits per heavy atom. The maximum atomic E-state index is 13.0. The molecule has 0 radical (unpaired) electrons. The van der Waals surface area contributed by atoms with Crippen molar-refractivity contribution < 1.29 is 18.0 Å². The fourth-order valence-corrected chi connectivity index (χ4v) is 4.60. The third kappa shape index (κ3) is 6.56. The van der Waals surface area contributed by atoms with Gasteiger partial charge in [-0.1, -0.05) is 43.6 Å². The lowest BCUT2D eigenvalue weighted by Crippen LogP contribution is -2.49. The summed E-state index contributed by atoms with van der Waals surface area (Å²) >= 11 is 5.87. The predicted molar refractivity (Wildman–Crippen MR) is 128 cm³/mol. The van der Waals surface area contributed by atoms with Crippen molar-refractivity contribution in [3.8, 4) is 0 Å². The lowest BCUT2D eigenvalue weighted by Gasteiger charge is -2.19. The van der Waals surface area contributed by atoms with Gasteiger partial charge in [0.2, 0.25) is 21.8 Å². The molecule has 1 heterocycles. The average Bonchev–Trinajstić information content (AvgIpc) is 3.19. The van der Waals surface area contributed by atoms with E-state index in [4.69, 9.17) is 11.6 Å². The fraction of sp³-hybridized carbons (Fsp3) is 0.304. The molecule has 0 saturated heterocycles. The van der Waals surface area contributed by atoms with Crippen LogP contribution in [0.3, 0.4) is 0 Å². The number of carbonyl (C=O) groups is 2. The number of aromatic nitrogens is 1. The van der Waals surface area contributed by atoms with E-state index >= 15 is 0 Å². The molecule has 0 aliphatic rings. The highest BCUT2D eigenvalue weighted by atomic mass is 35.5. The normalized spacial score (nSPS) is 12.6. The smallest absolute Gasteiger partial charge is 0.241 e. The first-order valence-electron chi connectivity index (χ1n) is 10.6. The van der Waals surface area contributed by atoms with E-state index in [1.165, 1.54) is 24.3 Å². The summed E-state index contributed by atoms with van der Waals surface area (Å²) in [5.41, 5.74) is 1.70. The first-order chi connectivity index (χ1) is 15.7. The van der Waals surface area contributed by atoms with Crippen molar-refractivity contribution in [1.29, 1.82) is 0 Å². The van der Waals surface area contributed by atoms with Gasteiger partial charge in [0, 0.05) is 41.1 Å². The number of fused-ring (bicyclic) bond motifs is 1. The number of amides is 2. The highest BCUT2D eigenvalue weighted by Gasteiger charge is 2.27. The molecule has 2 amide bonds. The van der Waals surface area contributed by atoms with Gasteiger partial charge in [0.1, 0.15) is 6.04 Å². The first-order valence-corrected chi connectivity index (χ1v) is 12.4. The van der Waals surface area contributed by atoms with Gasteiger partial charge in [0.15, 0.2) is 0 Å². The number of benzene rings is 2. The van der Waals surface area contributed by atoms with Gasteiger partial charge in [-0.3, -0.25) is 9.59 Å². The standard InChI is InChI=1S/C23H27ClN4O4S/c1-15(2)22(29)25-11-12-26-23(30)21(13-16-14-27-20-6-4-3-5-19(16)20)28-33(31,32)18-9-7-17(24)8-10-18/h3-10,14-15,21,27-28H,11-13H2,1-2H3,(H,25,29)(H,26,30). The Kier molecular flexibility index (Phi) is 8.12. The molecule has 0 bridgehead atoms. The zero-order chi connectivity index (χ0) is 24.0. The molecular weight excluding hydrogens is 464 g/mol. The molecule has 0 spiro atoms. The number of carbonyl (C=O) groups excluding carboxylic acids is 2. The molecule has 1 atom stereocenters. The first kappa shape index (κ1) is 24.8. The van der Waals surface area contributed by atoms with Crippen molar-refractivity contribution in [1.82, 2.24) is 20.3 Å². The fourth-order valence-electron chi connectivity index (χ4n) is 3.28. The maximum Gasteiger partial charge on any atom is 0.241 e. The Hall–Kier alpha value is -2.88. The summed E-state index contributed by atoms with van der Waals surface area (Å²) in [6.07, 6.45) is 1.91. The van der Waals surface area contributed by atoms with Crippen molar-refractivity contribution in [2.75, 3.05) is 13.1 Å². The molecule has 3 aromatic rings. The molecular formula is C23H27ClN4O4S. The van der Waals surface area contributed by atoms with Crippen molar-refractivity contribution in [3.05, 3.63) is 65.3 Å². The van der Waals surface area contributed by atoms with Gasteiger partial charge in [0.05, 0.1) is 4.90 Å². The van der Waals surface area contributed by atoms with Crippen molar-refractivity contribution >= 4 is 44.3 Å². The zero-order valence-corrected chi connectivity index (χ0v) is 20.0. The Bertz CT molecular complexity index is 1220. The van der Waals surface area contributed by atoms with E-state index in [-0.39, 0.29) is 36.2 Å². The van der Waals surface area contributed by atoms with Crippen LogP contribution in [0.25, 0.3) is 10.9 Å². The van der Waals surface area contributed by atoms with Gasteiger partial charge in [-0.25, -0.2) is 8.42 Å². The molecule has 0 fully saturated rings. The minimum Gasteiger partial charge on any atom is -0.361 e. The van der Waals surface area contributed by atoms with Crippen LogP contribution in [0.2, 0.25) is 5.02 Å². The van der Waals surface area contributed by atoms with Crippen LogP contribution in [0.4, 0.5) is 0 Å². The van der Waals surface area contributed by atoms with E-state index in [0.717, 1.165) is 16.5 Å².